The number of ether oxygens (including phenoxy) is 3. The monoisotopic (exact) mass is 479 g/mol. The summed E-state index contributed by atoms with van der Waals surface area (Å²) in [6.07, 6.45) is 9.76. The standard InChI is InChI=1S/C27H29NO5S/c1-4-18-32-23-15-9-13-21(19-10-6-5-7-11-19)25(23)27(31-2)24-17-16-20-12-8-14-22(26(20)33-24)28-34(3,29)30/h4-12,14-15,17,21,27-28H,1,13,16,18H2,2-3H3. The highest BCUT2D eigenvalue weighted by molar-refractivity contribution is 7.92. The first-order valence-corrected chi connectivity index (χ1v) is 13.0. The first-order chi connectivity index (χ1) is 16.4. The quantitative estimate of drug-likeness (QED) is 0.507. The molecule has 2 aromatic rings. The van der Waals surface area contributed by atoms with Gasteiger partial charge in [-0.15, -0.1) is 0 Å². The van der Waals surface area contributed by atoms with Crippen LogP contribution in [0.2, 0.25) is 0 Å². The van der Waals surface area contributed by atoms with Gasteiger partial charge in [-0.25, -0.2) is 8.42 Å². The van der Waals surface area contributed by atoms with Crippen molar-refractivity contribution in [3.05, 3.63) is 108 Å². The van der Waals surface area contributed by atoms with Crippen LogP contribution in [0.1, 0.15) is 23.5 Å². The van der Waals surface area contributed by atoms with Crippen LogP contribution in [0.25, 0.3) is 0 Å². The maximum Gasteiger partial charge on any atom is 0.229 e. The summed E-state index contributed by atoms with van der Waals surface area (Å²) in [6.45, 7) is 4.14. The van der Waals surface area contributed by atoms with Crippen molar-refractivity contribution >= 4 is 15.7 Å². The molecule has 34 heavy (non-hydrogen) atoms. The molecule has 2 atom stereocenters. The van der Waals surface area contributed by atoms with Gasteiger partial charge in [0.2, 0.25) is 10.0 Å². The molecule has 1 aliphatic heterocycles. The maximum atomic E-state index is 11.9. The van der Waals surface area contributed by atoms with E-state index < -0.39 is 16.1 Å². The topological polar surface area (TPSA) is 73.9 Å². The second kappa shape index (κ2) is 10.3. The molecule has 1 heterocycles. The lowest BCUT2D eigenvalue weighted by Crippen LogP contribution is -2.29. The van der Waals surface area contributed by atoms with Gasteiger partial charge in [-0.3, -0.25) is 4.72 Å². The number of rotatable bonds is 9. The smallest absolute Gasteiger partial charge is 0.229 e. The van der Waals surface area contributed by atoms with E-state index in [1.54, 1.807) is 19.3 Å². The third-order valence-electron chi connectivity index (χ3n) is 5.77. The van der Waals surface area contributed by atoms with E-state index in [0.717, 1.165) is 35.1 Å². The van der Waals surface area contributed by atoms with Crippen molar-refractivity contribution in [3.63, 3.8) is 0 Å². The highest BCUT2D eigenvalue weighted by Gasteiger charge is 2.34. The van der Waals surface area contributed by atoms with Crippen LogP contribution >= 0.6 is 0 Å². The van der Waals surface area contributed by atoms with Crippen molar-refractivity contribution in [1.82, 2.24) is 0 Å². The van der Waals surface area contributed by atoms with Gasteiger partial charge in [0.25, 0.3) is 0 Å². The van der Waals surface area contributed by atoms with Crippen LogP contribution in [0.4, 0.5) is 5.69 Å². The fourth-order valence-corrected chi connectivity index (χ4v) is 4.93. The Morgan fingerprint density at radius 1 is 1.21 bits per heavy atom. The summed E-state index contributed by atoms with van der Waals surface area (Å²) in [5, 5.41) is 0. The summed E-state index contributed by atoms with van der Waals surface area (Å²) in [4.78, 5) is 0. The predicted octanol–water partition coefficient (Wildman–Crippen LogP) is 5.09. The summed E-state index contributed by atoms with van der Waals surface area (Å²) < 4.78 is 44.8. The van der Waals surface area contributed by atoms with Crippen LogP contribution < -0.4 is 9.46 Å². The summed E-state index contributed by atoms with van der Waals surface area (Å²) in [7, 11) is -1.82. The van der Waals surface area contributed by atoms with E-state index in [0.29, 0.717) is 30.2 Å². The number of hydrogen-bond donors (Lipinski definition) is 1. The molecule has 1 aliphatic carbocycles. The third kappa shape index (κ3) is 5.26. The number of anilines is 1. The minimum atomic E-state index is -3.47. The van der Waals surface area contributed by atoms with Crippen molar-refractivity contribution < 1.29 is 22.6 Å². The number of para-hydroxylation sites is 1. The first-order valence-electron chi connectivity index (χ1n) is 11.1. The molecule has 7 heteroatoms. The van der Waals surface area contributed by atoms with E-state index in [9.17, 15) is 8.42 Å². The van der Waals surface area contributed by atoms with Crippen molar-refractivity contribution in [2.45, 2.75) is 24.9 Å². The fraction of sp³-hybridized carbons (Fsp3) is 0.259. The molecule has 2 aliphatic rings. The van der Waals surface area contributed by atoms with Gasteiger partial charge < -0.3 is 14.2 Å². The van der Waals surface area contributed by atoms with Gasteiger partial charge in [0.15, 0.2) is 5.75 Å². The molecule has 2 unspecified atom stereocenters. The molecular formula is C27H29NO5S. The second-order valence-electron chi connectivity index (χ2n) is 8.22. The van der Waals surface area contributed by atoms with Gasteiger partial charge in [-0.05, 0) is 36.6 Å². The molecule has 0 saturated carbocycles. The lowest BCUT2D eigenvalue weighted by Gasteiger charge is -2.33. The summed E-state index contributed by atoms with van der Waals surface area (Å²) in [5.74, 6) is 1.85. The molecule has 0 radical (unpaired) electrons. The van der Waals surface area contributed by atoms with E-state index in [-0.39, 0.29) is 5.92 Å². The molecule has 1 N–H and O–H groups in total. The number of allylic oxidation sites excluding steroid dienone is 3. The maximum absolute atomic E-state index is 11.9. The Labute approximate surface area is 201 Å². The normalized spacial score (nSPS) is 18.4. The Bertz CT molecular complexity index is 1250. The molecule has 0 aromatic heterocycles. The lowest BCUT2D eigenvalue weighted by molar-refractivity contribution is 0.111. The van der Waals surface area contributed by atoms with Crippen molar-refractivity contribution in [1.29, 1.82) is 0 Å². The zero-order chi connectivity index (χ0) is 24.1. The van der Waals surface area contributed by atoms with E-state index in [1.165, 1.54) is 0 Å². The number of fused-ring (bicyclic) bond motifs is 1. The molecule has 4 rings (SSSR count). The van der Waals surface area contributed by atoms with E-state index in [1.807, 2.05) is 42.5 Å². The minimum Gasteiger partial charge on any atom is -0.489 e. The number of sulfonamides is 1. The predicted molar refractivity (Wildman–Crippen MR) is 134 cm³/mol. The number of nitrogens with one attached hydrogen (secondary N) is 1. The summed E-state index contributed by atoms with van der Waals surface area (Å²) in [6, 6.07) is 15.7. The first kappa shape index (κ1) is 23.9. The van der Waals surface area contributed by atoms with Crippen molar-refractivity contribution in [2.75, 3.05) is 24.7 Å². The Balaban J connectivity index is 1.75. The highest BCUT2D eigenvalue weighted by atomic mass is 32.2. The van der Waals surface area contributed by atoms with Gasteiger partial charge in [-0.1, -0.05) is 61.2 Å². The van der Waals surface area contributed by atoms with E-state index in [4.69, 9.17) is 14.2 Å². The molecule has 0 saturated heterocycles. The number of methoxy groups -OCH3 is 1. The van der Waals surface area contributed by atoms with Gasteiger partial charge in [-0.2, -0.15) is 0 Å². The molecule has 178 valence electrons. The molecule has 0 amide bonds. The molecular weight excluding hydrogens is 450 g/mol. The SMILES string of the molecule is C=CCOC1=C(C(OC)C2=CCc3cccc(NS(C)(=O)=O)c3O2)C(c2ccccc2)CC=C1. The van der Waals surface area contributed by atoms with Crippen LogP contribution in [0.5, 0.6) is 5.75 Å². The lowest BCUT2D eigenvalue weighted by atomic mass is 9.81. The van der Waals surface area contributed by atoms with Gasteiger partial charge >= 0.3 is 0 Å². The average molecular weight is 480 g/mol. The Morgan fingerprint density at radius 2 is 2.00 bits per heavy atom. The average Bonchev–Trinajstić information content (AvgIpc) is 2.83. The van der Waals surface area contributed by atoms with E-state index in [2.05, 4.69) is 29.5 Å². The molecule has 0 spiro atoms. The van der Waals surface area contributed by atoms with Gasteiger partial charge in [0, 0.05) is 24.2 Å². The Kier molecular flexibility index (Phi) is 7.24. The third-order valence-corrected chi connectivity index (χ3v) is 6.36. The van der Waals surface area contributed by atoms with Crippen LogP contribution in [0, 0.1) is 0 Å². The summed E-state index contributed by atoms with van der Waals surface area (Å²) >= 11 is 0. The van der Waals surface area contributed by atoms with Crippen molar-refractivity contribution in [2.24, 2.45) is 0 Å². The molecule has 0 fully saturated rings. The largest absolute Gasteiger partial charge is 0.489 e. The van der Waals surface area contributed by atoms with E-state index >= 15 is 0 Å². The van der Waals surface area contributed by atoms with Crippen LogP contribution in [-0.4, -0.2) is 34.5 Å². The zero-order valence-corrected chi connectivity index (χ0v) is 20.2. The highest BCUT2D eigenvalue weighted by Crippen LogP contribution is 2.42. The number of benzene rings is 2. The molecule has 6 nitrogen and oxygen atoms in total. The van der Waals surface area contributed by atoms with Gasteiger partial charge in [0.05, 0.1) is 11.9 Å². The summed E-state index contributed by atoms with van der Waals surface area (Å²) in [5.41, 5.74) is 3.41. The Hall–Kier alpha value is -3.29. The zero-order valence-electron chi connectivity index (χ0n) is 19.4. The molecule has 0 bridgehead atoms. The number of hydrogen-bond acceptors (Lipinski definition) is 5. The Morgan fingerprint density at radius 3 is 2.71 bits per heavy atom. The van der Waals surface area contributed by atoms with Crippen LogP contribution in [0.3, 0.4) is 0 Å². The fourth-order valence-electron chi connectivity index (χ4n) is 4.37. The molecule has 2 aromatic carbocycles. The van der Waals surface area contributed by atoms with Crippen molar-refractivity contribution in [3.8, 4) is 5.75 Å². The minimum absolute atomic E-state index is 0.0336. The second-order valence-corrected chi connectivity index (χ2v) is 9.97. The van der Waals surface area contributed by atoms with Gasteiger partial charge in [0.1, 0.15) is 24.2 Å². The van der Waals surface area contributed by atoms with Crippen LogP contribution in [-0.2, 0) is 25.9 Å². The van der Waals surface area contributed by atoms with Crippen LogP contribution in [0.15, 0.2) is 96.5 Å².